The van der Waals surface area contributed by atoms with Gasteiger partial charge in [-0.2, -0.15) is 5.10 Å². The number of fused-ring (bicyclic) bond motifs is 1. The molecule has 6 heteroatoms. The quantitative estimate of drug-likeness (QED) is 0.935. The van der Waals surface area contributed by atoms with Crippen LogP contribution < -0.4 is 14.8 Å². The molecule has 1 aromatic heterocycles. The summed E-state index contributed by atoms with van der Waals surface area (Å²) in [5.74, 6) is 1.60. The van der Waals surface area contributed by atoms with Gasteiger partial charge in [0.2, 0.25) is 0 Å². The summed E-state index contributed by atoms with van der Waals surface area (Å²) in [6.45, 7) is 3.89. The van der Waals surface area contributed by atoms with E-state index in [9.17, 15) is 0 Å². The number of hydrogen-bond acceptors (Lipinski definition) is 4. The Bertz CT molecular complexity index is 640. The van der Waals surface area contributed by atoms with Gasteiger partial charge in [0, 0.05) is 18.8 Å². The highest BCUT2D eigenvalue weighted by Crippen LogP contribution is 2.33. The minimum atomic E-state index is 0.600. The summed E-state index contributed by atoms with van der Waals surface area (Å²) in [4.78, 5) is 0. The van der Waals surface area contributed by atoms with Crippen LogP contribution in [0.15, 0.2) is 22.7 Å². The highest BCUT2D eigenvalue weighted by atomic mass is 79.9. The average molecular weight is 338 g/mol. The normalized spacial score (nSPS) is 13.3. The van der Waals surface area contributed by atoms with Crippen LogP contribution in [0, 0.1) is 6.92 Å². The predicted molar refractivity (Wildman–Crippen MR) is 80.4 cm³/mol. The fourth-order valence-corrected chi connectivity index (χ4v) is 2.69. The summed E-state index contributed by atoms with van der Waals surface area (Å²) in [6.07, 6.45) is 0. The summed E-state index contributed by atoms with van der Waals surface area (Å²) < 4.78 is 14.0. The van der Waals surface area contributed by atoms with Gasteiger partial charge < -0.3 is 14.8 Å². The third-order valence-electron chi connectivity index (χ3n) is 3.26. The van der Waals surface area contributed by atoms with E-state index >= 15 is 0 Å². The molecule has 0 fully saturated rings. The Balaban J connectivity index is 1.75. The number of nitrogens with one attached hydrogen (secondary N) is 1. The number of anilines is 1. The summed E-state index contributed by atoms with van der Waals surface area (Å²) in [5.41, 5.74) is 3.10. The Morgan fingerprint density at radius 2 is 2.05 bits per heavy atom. The van der Waals surface area contributed by atoms with E-state index in [-0.39, 0.29) is 0 Å². The molecule has 2 heterocycles. The average Bonchev–Trinajstić information content (AvgIpc) is 2.70. The first kappa shape index (κ1) is 13.3. The Morgan fingerprint density at radius 1 is 1.30 bits per heavy atom. The van der Waals surface area contributed by atoms with Crippen LogP contribution in [0.2, 0.25) is 0 Å². The Hall–Kier alpha value is -1.69. The van der Waals surface area contributed by atoms with Crippen molar-refractivity contribution in [1.29, 1.82) is 0 Å². The third kappa shape index (κ3) is 2.47. The SMILES string of the molecule is Cc1nn(C)c(CNc2ccc3c(c2)OCCO3)c1Br. The molecule has 0 unspecified atom stereocenters. The summed E-state index contributed by atoms with van der Waals surface area (Å²) in [6, 6.07) is 5.89. The zero-order valence-electron chi connectivity index (χ0n) is 11.4. The minimum absolute atomic E-state index is 0.600. The van der Waals surface area contributed by atoms with E-state index in [2.05, 4.69) is 26.3 Å². The minimum Gasteiger partial charge on any atom is -0.486 e. The van der Waals surface area contributed by atoms with Crippen molar-refractivity contribution in [2.75, 3.05) is 18.5 Å². The number of benzene rings is 1. The molecule has 0 saturated heterocycles. The number of hydrogen-bond donors (Lipinski definition) is 1. The van der Waals surface area contributed by atoms with Gasteiger partial charge in [0.1, 0.15) is 13.2 Å². The monoisotopic (exact) mass is 337 g/mol. The van der Waals surface area contributed by atoms with Crippen molar-refractivity contribution in [3.63, 3.8) is 0 Å². The van der Waals surface area contributed by atoms with E-state index in [0.717, 1.165) is 33.0 Å². The molecule has 2 aromatic rings. The maximum Gasteiger partial charge on any atom is 0.163 e. The van der Waals surface area contributed by atoms with Crippen LogP contribution in [0.25, 0.3) is 0 Å². The van der Waals surface area contributed by atoms with Crippen molar-refractivity contribution < 1.29 is 9.47 Å². The lowest BCUT2D eigenvalue weighted by atomic mass is 10.2. The van der Waals surface area contributed by atoms with E-state index in [1.54, 1.807) is 0 Å². The van der Waals surface area contributed by atoms with Crippen molar-refractivity contribution in [2.45, 2.75) is 13.5 Å². The molecule has 1 aliphatic heterocycles. The van der Waals surface area contributed by atoms with Gasteiger partial charge in [0.15, 0.2) is 11.5 Å². The van der Waals surface area contributed by atoms with Crippen LogP contribution in [0.5, 0.6) is 11.5 Å². The van der Waals surface area contributed by atoms with E-state index in [0.29, 0.717) is 19.8 Å². The number of aromatic nitrogens is 2. The molecular weight excluding hydrogens is 322 g/mol. The Kier molecular flexibility index (Phi) is 3.56. The van der Waals surface area contributed by atoms with Gasteiger partial charge in [-0.3, -0.25) is 4.68 Å². The number of halogens is 1. The molecule has 0 atom stereocenters. The van der Waals surface area contributed by atoms with Crippen LogP contribution in [0.3, 0.4) is 0 Å². The first-order chi connectivity index (χ1) is 9.65. The van der Waals surface area contributed by atoms with Gasteiger partial charge in [0.05, 0.1) is 22.4 Å². The lowest BCUT2D eigenvalue weighted by Crippen LogP contribution is -2.15. The Morgan fingerprint density at radius 3 is 2.75 bits per heavy atom. The van der Waals surface area contributed by atoms with E-state index in [4.69, 9.17) is 9.47 Å². The fourth-order valence-electron chi connectivity index (χ4n) is 2.21. The largest absolute Gasteiger partial charge is 0.486 e. The first-order valence-electron chi connectivity index (χ1n) is 6.46. The molecule has 1 aliphatic rings. The predicted octanol–water partition coefficient (Wildman–Crippen LogP) is 2.87. The van der Waals surface area contributed by atoms with Gasteiger partial charge in [-0.05, 0) is 35.0 Å². The van der Waals surface area contributed by atoms with E-state index < -0.39 is 0 Å². The van der Waals surface area contributed by atoms with Crippen molar-refractivity contribution in [1.82, 2.24) is 9.78 Å². The van der Waals surface area contributed by atoms with Crippen LogP contribution >= 0.6 is 15.9 Å². The number of nitrogens with zero attached hydrogens (tertiary/aromatic N) is 2. The van der Waals surface area contributed by atoms with Crippen LogP contribution in [-0.4, -0.2) is 23.0 Å². The summed E-state index contributed by atoms with van der Waals surface area (Å²) in [7, 11) is 1.94. The van der Waals surface area contributed by atoms with Crippen molar-refractivity contribution >= 4 is 21.6 Å². The molecule has 0 amide bonds. The van der Waals surface area contributed by atoms with Gasteiger partial charge in [-0.1, -0.05) is 0 Å². The molecule has 0 bridgehead atoms. The first-order valence-corrected chi connectivity index (χ1v) is 7.26. The fraction of sp³-hybridized carbons (Fsp3) is 0.357. The van der Waals surface area contributed by atoms with Crippen LogP contribution in [0.4, 0.5) is 5.69 Å². The molecule has 0 saturated carbocycles. The standard InChI is InChI=1S/C14H16BrN3O2/c1-9-14(15)11(18(2)17-9)8-16-10-3-4-12-13(7-10)20-6-5-19-12/h3-4,7,16H,5-6,8H2,1-2H3. The molecule has 5 nitrogen and oxygen atoms in total. The highest BCUT2D eigenvalue weighted by molar-refractivity contribution is 9.10. The number of ether oxygens (including phenoxy) is 2. The molecule has 106 valence electrons. The molecule has 20 heavy (non-hydrogen) atoms. The third-order valence-corrected chi connectivity index (χ3v) is 4.30. The second-order valence-corrected chi connectivity index (χ2v) is 5.47. The molecule has 1 aromatic carbocycles. The van der Waals surface area contributed by atoms with Crippen molar-refractivity contribution in [2.24, 2.45) is 7.05 Å². The number of aryl methyl sites for hydroxylation is 2. The van der Waals surface area contributed by atoms with Gasteiger partial charge in [0.25, 0.3) is 0 Å². The number of rotatable bonds is 3. The lowest BCUT2D eigenvalue weighted by Gasteiger charge is -2.19. The molecule has 0 spiro atoms. The van der Waals surface area contributed by atoms with Gasteiger partial charge in [-0.25, -0.2) is 0 Å². The van der Waals surface area contributed by atoms with Crippen molar-refractivity contribution in [3.8, 4) is 11.5 Å². The zero-order chi connectivity index (χ0) is 14.1. The lowest BCUT2D eigenvalue weighted by molar-refractivity contribution is 0.171. The second-order valence-electron chi connectivity index (χ2n) is 4.68. The van der Waals surface area contributed by atoms with Gasteiger partial charge >= 0.3 is 0 Å². The smallest absolute Gasteiger partial charge is 0.163 e. The molecule has 0 aliphatic carbocycles. The second kappa shape index (κ2) is 5.36. The molecule has 3 rings (SSSR count). The maximum absolute atomic E-state index is 5.58. The van der Waals surface area contributed by atoms with Crippen LogP contribution in [-0.2, 0) is 13.6 Å². The molecule has 0 radical (unpaired) electrons. The molecule has 1 N–H and O–H groups in total. The molecular formula is C14H16BrN3O2. The van der Waals surface area contributed by atoms with E-state index in [1.807, 2.05) is 36.9 Å². The highest BCUT2D eigenvalue weighted by Gasteiger charge is 2.13. The summed E-state index contributed by atoms with van der Waals surface area (Å²) in [5, 5.41) is 7.76. The topological polar surface area (TPSA) is 48.3 Å². The van der Waals surface area contributed by atoms with E-state index in [1.165, 1.54) is 0 Å². The summed E-state index contributed by atoms with van der Waals surface area (Å²) >= 11 is 3.57. The maximum atomic E-state index is 5.58. The van der Waals surface area contributed by atoms with Crippen molar-refractivity contribution in [3.05, 3.63) is 34.1 Å². The Labute approximate surface area is 126 Å². The van der Waals surface area contributed by atoms with Gasteiger partial charge in [-0.15, -0.1) is 0 Å². The zero-order valence-corrected chi connectivity index (χ0v) is 13.0. The van der Waals surface area contributed by atoms with Crippen LogP contribution in [0.1, 0.15) is 11.4 Å².